The molecule has 3 aliphatic carbocycles. The van der Waals surface area contributed by atoms with Crippen molar-refractivity contribution in [2.24, 2.45) is 5.92 Å². The molecule has 0 aromatic carbocycles. The van der Waals surface area contributed by atoms with Crippen LogP contribution in [0.1, 0.15) is 68.2 Å². The summed E-state index contributed by atoms with van der Waals surface area (Å²) in [6, 6.07) is 0.191. The molecule has 0 atom stereocenters. The van der Waals surface area contributed by atoms with Crippen molar-refractivity contribution in [1.82, 2.24) is 9.78 Å². The number of rotatable bonds is 5. The Labute approximate surface area is 143 Å². The Bertz CT molecular complexity index is 695. The molecule has 8 heteroatoms. The van der Waals surface area contributed by atoms with Crippen LogP contribution in [0.4, 0.5) is 23.4 Å². The highest BCUT2D eigenvalue weighted by Crippen LogP contribution is 2.50. The molecule has 4 rings (SSSR count). The molecule has 1 aromatic heterocycles. The van der Waals surface area contributed by atoms with Gasteiger partial charge in [-0.25, -0.2) is 22.2 Å². The van der Waals surface area contributed by atoms with E-state index >= 15 is 0 Å². The van der Waals surface area contributed by atoms with Crippen LogP contribution < -0.4 is 5.32 Å². The van der Waals surface area contributed by atoms with Gasteiger partial charge in [-0.2, -0.15) is 5.10 Å². The third-order valence-corrected chi connectivity index (χ3v) is 5.46. The molecule has 1 aromatic rings. The van der Waals surface area contributed by atoms with E-state index in [-0.39, 0.29) is 55.9 Å². The van der Waals surface area contributed by atoms with Crippen LogP contribution in [0.3, 0.4) is 0 Å². The number of hydrogen-bond donors (Lipinski definition) is 1. The summed E-state index contributed by atoms with van der Waals surface area (Å²) in [4.78, 5) is 12.2. The molecule has 138 valence electrons. The van der Waals surface area contributed by atoms with Crippen LogP contribution in [0.2, 0.25) is 0 Å². The summed E-state index contributed by atoms with van der Waals surface area (Å²) in [5, 5.41) is 7.30. The van der Waals surface area contributed by atoms with Gasteiger partial charge in [-0.05, 0) is 25.7 Å². The average molecular weight is 359 g/mol. The topological polar surface area (TPSA) is 46.9 Å². The number of anilines is 1. The largest absolute Gasteiger partial charge is 0.311 e. The minimum Gasteiger partial charge on any atom is -0.311 e. The van der Waals surface area contributed by atoms with Crippen LogP contribution in [-0.2, 0) is 4.79 Å². The number of carbonyl (C=O) groups is 1. The van der Waals surface area contributed by atoms with E-state index in [1.807, 2.05) is 0 Å². The fourth-order valence-electron chi connectivity index (χ4n) is 3.89. The van der Waals surface area contributed by atoms with Gasteiger partial charge in [-0.15, -0.1) is 0 Å². The third-order valence-electron chi connectivity index (χ3n) is 5.46. The maximum atomic E-state index is 13.2. The van der Waals surface area contributed by atoms with Gasteiger partial charge in [0.2, 0.25) is 17.8 Å². The van der Waals surface area contributed by atoms with Crippen LogP contribution in [0.25, 0.3) is 0 Å². The van der Waals surface area contributed by atoms with Crippen LogP contribution in [0, 0.1) is 12.8 Å². The van der Waals surface area contributed by atoms with E-state index in [0.717, 1.165) is 18.4 Å². The normalized spacial score (nSPS) is 25.3. The first kappa shape index (κ1) is 16.8. The summed E-state index contributed by atoms with van der Waals surface area (Å²) in [7, 11) is 0. The molecule has 25 heavy (non-hydrogen) atoms. The van der Waals surface area contributed by atoms with E-state index in [1.165, 1.54) is 0 Å². The lowest BCUT2D eigenvalue weighted by Gasteiger charge is -2.34. The molecule has 3 saturated carbocycles. The predicted octanol–water partition coefficient (Wildman–Crippen LogP) is 4.41. The molecule has 0 bridgehead atoms. The monoisotopic (exact) mass is 359 g/mol. The molecule has 4 nitrogen and oxygen atoms in total. The molecule has 0 saturated heterocycles. The van der Waals surface area contributed by atoms with E-state index in [1.54, 1.807) is 11.6 Å². The zero-order chi connectivity index (χ0) is 18.0. The van der Waals surface area contributed by atoms with Gasteiger partial charge in [0.25, 0.3) is 0 Å². The SMILES string of the molecule is Cc1c(C2CC(F)(F)C2)nn(C2CC2)c1NC(=O)CC1CC(F)(F)C1. The number of alkyl halides is 4. The van der Waals surface area contributed by atoms with Gasteiger partial charge in [0.05, 0.1) is 11.7 Å². The average Bonchev–Trinajstić information content (AvgIpc) is 3.22. The number of hydrogen-bond acceptors (Lipinski definition) is 2. The lowest BCUT2D eigenvalue weighted by Crippen LogP contribution is -2.37. The van der Waals surface area contributed by atoms with Crippen molar-refractivity contribution in [1.29, 1.82) is 0 Å². The Hall–Kier alpha value is -1.60. The molecule has 3 fully saturated rings. The lowest BCUT2D eigenvalue weighted by molar-refractivity contribution is -0.129. The Morgan fingerprint density at radius 2 is 1.76 bits per heavy atom. The number of halogens is 4. The van der Waals surface area contributed by atoms with Crippen molar-refractivity contribution < 1.29 is 22.4 Å². The third kappa shape index (κ3) is 3.27. The Morgan fingerprint density at radius 3 is 2.28 bits per heavy atom. The second kappa shape index (κ2) is 5.45. The number of nitrogens with one attached hydrogen (secondary N) is 1. The van der Waals surface area contributed by atoms with Crippen molar-refractivity contribution in [3.8, 4) is 0 Å². The highest BCUT2D eigenvalue weighted by atomic mass is 19.3. The second-order valence-electron chi connectivity index (χ2n) is 7.88. The van der Waals surface area contributed by atoms with Crippen LogP contribution in [-0.4, -0.2) is 27.5 Å². The standard InChI is InChI=1S/C17H21F4N3O/c1-9-14(11-7-17(20,21)8-11)23-24(12-2-3-12)15(9)22-13(25)4-10-5-16(18,19)6-10/h10-12H,2-8H2,1H3,(H,22,25). The van der Waals surface area contributed by atoms with Crippen molar-refractivity contribution in [3.63, 3.8) is 0 Å². The minimum absolute atomic E-state index is 0.0573. The number of aromatic nitrogens is 2. The number of amides is 1. The van der Waals surface area contributed by atoms with E-state index in [9.17, 15) is 22.4 Å². The van der Waals surface area contributed by atoms with Gasteiger partial charge in [-0.3, -0.25) is 4.79 Å². The summed E-state index contributed by atoms with van der Waals surface area (Å²) in [5.74, 6) is -5.61. The predicted molar refractivity (Wildman–Crippen MR) is 83.1 cm³/mol. The van der Waals surface area contributed by atoms with Crippen molar-refractivity contribution in [2.75, 3.05) is 5.32 Å². The summed E-state index contributed by atoms with van der Waals surface area (Å²) in [6.07, 6.45) is 1.04. The van der Waals surface area contributed by atoms with E-state index in [4.69, 9.17) is 0 Å². The van der Waals surface area contributed by atoms with Crippen molar-refractivity contribution in [2.45, 2.75) is 75.7 Å². The van der Waals surface area contributed by atoms with Crippen molar-refractivity contribution in [3.05, 3.63) is 11.3 Å². The zero-order valence-electron chi connectivity index (χ0n) is 14.0. The first-order valence-corrected chi connectivity index (χ1v) is 8.78. The first-order chi connectivity index (χ1) is 11.6. The van der Waals surface area contributed by atoms with Gasteiger partial charge in [-0.1, -0.05) is 0 Å². The number of carbonyl (C=O) groups excluding carboxylic acids is 1. The molecule has 1 amide bonds. The fraction of sp³-hybridized carbons (Fsp3) is 0.765. The quantitative estimate of drug-likeness (QED) is 0.792. The Balaban J connectivity index is 1.47. The smallest absolute Gasteiger partial charge is 0.249 e. The van der Waals surface area contributed by atoms with Gasteiger partial charge < -0.3 is 5.32 Å². The van der Waals surface area contributed by atoms with E-state index in [0.29, 0.717) is 11.5 Å². The maximum Gasteiger partial charge on any atom is 0.249 e. The van der Waals surface area contributed by atoms with Crippen LogP contribution in [0.5, 0.6) is 0 Å². The maximum absolute atomic E-state index is 13.2. The highest BCUT2D eigenvalue weighted by Gasteiger charge is 2.48. The summed E-state index contributed by atoms with van der Waals surface area (Å²) in [6.45, 7) is 1.78. The molecule has 3 aliphatic rings. The second-order valence-corrected chi connectivity index (χ2v) is 7.88. The first-order valence-electron chi connectivity index (χ1n) is 8.78. The molecular formula is C17H21F4N3O. The lowest BCUT2D eigenvalue weighted by atomic mass is 9.78. The van der Waals surface area contributed by atoms with Gasteiger partial charge in [0.1, 0.15) is 5.82 Å². The summed E-state index contributed by atoms with van der Waals surface area (Å²) < 4.78 is 53.9. The number of nitrogens with zero attached hydrogens (tertiary/aromatic N) is 2. The Kier molecular flexibility index (Phi) is 3.67. The molecule has 1 heterocycles. The van der Waals surface area contributed by atoms with Crippen LogP contribution in [0.15, 0.2) is 0 Å². The van der Waals surface area contributed by atoms with Gasteiger partial charge >= 0.3 is 0 Å². The van der Waals surface area contributed by atoms with E-state index in [2.05, 4.69) is 10.4 Å². The molecular weight excluding hydrogens is 338 g/mol. The van der Waals surface area contributed by atoms with Crippen molar-refractivity contribution >= 4 is 11.7 Å². The fourth-order valence-corrected chi connectivity index (χ4v) is 3.89. The van der Waals surface area contributed by atoms with Gasteiger partial charge in [0, 0.05) is 43.6 Å². The molecule has 0 aliphatic heterocycles. The molecule has 0 unspecified atom stereocenters. The molecule has 0 spiro atoms. The molecule has 1 N–H and O–H groups in total. The van der Waals surface area contributed by atoms with Crippen LogP contribution >= 0.6 is 0 Å². The zero-order valence-corrected chi connectivity index (χ0v) is 14.0. The van der Waals surface area contributed by atoms with Gasteiger partial charge in [0.15, 0.2) is 0 Å². The summed E-state index contributed by atoms with van der Waals surface area (Å²) >= 11 is 0. The Morgan fingerprint density at radius 1 is 1.16 bits per heavy atom. The van der Waals surface area contributed by atoms with E-state index < -0.39 is 11.8 Å². The summed E-state index contributed by atoms with van der Waals surface area (Å²) in [5.41, 5.74) is 1.35. The molecule has 0 radical (unpaired) electrons. The highest BCUT2D eigenvalue weighted by molar-refractivity contribution is 5.91. The minimum atomic E-state index is -2.64.